The van der Waals surface area contributed by atoms with Crippen LogP contribution in [0.4, 0.5) is 4.39 Å². The van der Waals surface area contributed by atoms with Gasteiger partial charge in [0.2, 0.25) is 10.0 Å². The SMILES string of the molecule is Cc1cc(C(CCNS(=O)(=O)c2ccccc2)CCN2CCC(c3ccccc3)CC2)ccc1F. The predicted octanol–water partition coefficient (Wildman–Crippen LogP) is 5.86. The van der Waals surface area contributed by atoms with Gasteiger partial charge in [0.25, 0.3) is 0 Å². The number of likely N-dealkylation sites (tertiary alicyclic amines) is 1. The van der Waals surface area contributed by atoms with Gasteiger partial charge >= 0.3 is 0 Å². The molecule has 1 aliphatic rings. The van der Waals surface area contributed by atoms with Crippen molar-refractivity contribution in [3.63, 3.8) is 0 Å². The molecule has 0 aromatic heterocycles. The van der Waals surface area contributed by atoms with Crippen LogP contribution in [0.15, 0.2) is 83.8 Å². The standard InChI is InChI=1S/C29H35FN2O2S/c1-23-22-27(12-13-29(23)30)25(14-18-31-35(33,34)28-10-6-3-7-11-28)15-19-32-20-16-26(17-21-32)24-8-4-2-5-9-24/h2-13,22,25-26,31H,14-21H2,1H3. The van der Waals surface area contributed by atoms with Crippen molar-refractivity contribution in [2.24, 2.45) is 0 Å². The fourth-order valence-corrected chi connectivity index (χ4v) is 6.07. The van der Waals surface area contributed by atoms with Crippen LogP contribution in [0.25, 0.3) is 0 Å². The minimum atomic E-state index is -3.54. The van der Waals surface area contributed by atoms with E-state index in [2.05, 4.69) is 40.0 Å². The van der Waals surface area contributed by atoms with Crippen molar-refractivity contribution in [2.75, 3.05) is 26.2 Å². The van der Waals surface area contributed by atoms with Crippen LogP contribution >= 0.6 is 0 Å². The monoisotopic (exact) mass is 494 g/mol. The van der Waals surface area contributed by atoms with Crippen LogP contribution < -0.4 is 4.72 Å². The summed E-state index contributed by atoms with van der Waals surface area (Å²) in [4.78, 5) is 2.78. The third-order valence-corrected chi connectivity index (χ3v) is 8.62. The van der Waals surface area contributed by atoms with Gasteiger partial charge in [0.05, 0.1) is 4.90 Å². The van der Waals surface area contributed by atoms with E-state index in [4.69, 9.17) is 0 Å². The van der Waals surface area contributed by atoms with Crippen molar-refractivity contribution in [2.45, 2.75) is 49.3 Å². The molecule has 0 bridgehead atoms. The molecule has 1 heterocycles. The van der Waals surface area contributed by atoms with Crippen molar-refractivity contribution in [3.05, 3.63) is 101 Å². The third-order valence-electron chi connectivity index (χ3n) is 7.14. The Balaban J connectivity index is 1.36. The number of benzene rings is 3. The molecule has 0 saturated carbocycles. The van der Waals surface area contributed by atoms with E-state index in [1.54, 1.807) is 37.3 Å². The van der Waals surface area contributed by atoms with Gasteiger partial charge in [-0.2, -0.15) is 0 Å². The first-order valence-corrected chi connectivity index (χ1v) is 14.0. The molecule has 1 atom stereocenters. The molecule has 1 saturated heterocycles. The molecule has 1 aliphatic heterocycles. The minimum Gasteiger partial charge on any atom is -0.303 e. The van der Waals surface area contributed by atoms with E-state index >= 15 is 0 Å². The zero-order chi connectivity index (χ0) is 24.7. The quantitative estimate of drug-likeness (QED) is 0.384. The van der Waals surface area contributed by atoms with Crippen LogP contribution in [0.3, 0.4) is 0 Å². The zero-order valence-corrected chi connectivity index (χ0v) is 21.2. The summed E-state index contributed by atoms with van der Waals surface area (Å²) in [7, 11) is -3.54. The summed E-state index contributed by atoms with van der Waals surface area (Å²) >= 11 is 0. The van der Waals surface area contributed by atoms with Crippen LogP contribution in [0.2, 0.25) is 0 Å². The van der Waals surface area contributed by atoms with E-state index in [0.29, 0.717) is 24.4 Å². The Morgan fingerprint density at radius 1 is 0.943 bits per heavy atom. The maximum absolute atomic E-state index is 13.9. The molecule has 1 N–H and O–H groups in total. The molecule has 4 nitrogen and oxygen atoms in total. The highest BCUT2D eigenvalue weighted by Crippen LogP contribution is 2.30. The number of nitrogens with zero attached hydrogens (tertiary/aromatic N) is 1. The largest absolute Gasteiger partial charge is 0.303 e. The lowest BCUT2D eigenvalue weighted by molar-refractivity contribution is 0.204. The van der Waals surface area contributed by atoms with Gasteiger partial charge in [-0.1, -0.05) is 60.7 Å². The smallest absolute Gasteiger partial charge is 0.240 e. The number of sulfonamides is 1. The highest BCUT2D eigenvalue weighted by Gasteiger charge is 2.22. The van der Waals surface area contributed by atoms with Crippen LogP contribution in [0, 0.1) is 12.7 Å². The average Bonchev–Trinajstić information content (AvgIpc) is 2.89. The Labute approximate surface area is 209 Å². The Morgan fingerprint density at radius 2 is 1.60 bits per heavy atom. The Kier molecular flexibility index (Phi) is 8.71. The average molecular weight is 495 g/mol. The topological polar surface area (TPSA) is 49.4 Å². The molecular weight excluding hydrogens is 459 g/mol. The van der Waals surface area contributed by atoms with Crippen molar-refractivity contribution in [3.8, 4) is 0 Å². The Morgan fingerprint density at radius 3 is 2.26 bits per heavy atom. The molecule has 0 aliphatic carbocycles. The highest BCUT2D eigenvalue weighted by molar-refractivity contribution is 7.89. The number of hydrogen-bond acceptors (Lipinski definition) is 3. The van der Waals surface area contributed by atoms with Gasteiger partial charge in [0.15, 0.2) is 0 Å². The summed E-state index contributed by atoms with van der Waals surface area (Å²) in [6, 6.07) is 24.5. The highest BCUT2D eigenvalue weighted by atomic mass is 32.2. The number of piperidine rings is 1. The second-order valence-corrected chi connectivity index (χ2v) is 11.3. The molecule has 4 rings (SSSR count). The molecule has 35 heavy (non-hydrogen) atoms. The maximum atomic E-state index is 13.9. The van der Waals surface area contributed by atoms with Gasteiger partial charge < -0.3 is 4.90 Å². The van der Waals surface area contributed by atoms with Gasteiger partial charge in [-0.3, -0.25) is 0 Å². The van der Waals surface area contributed by atoms with E-state index in [1.165, 1.54) is 11.6 Å². The molecule has 1 fully saturated rings. The normalized spacial score (nSPS) is 16.3. The lowest BCUT2D eigenvalue weighted by Crippen LogP contribution is -2.34. The fraction of sp³-hybridized carbons (Fsp3) is 0.379. The van der Waals surface area contributed by atoms with E-state index in [9.17, 15) is 12.8 Å². The summed E-state index contributed by atoms with van der Waals surface area (Å²) in [6.45, 7) is 5.20. The van der Waals surface area contributed by atoms with Crippen molar-refractivity contribution < 1.29 is 12.8 Å². The van der Waals surface area contributed by atoms with Crippen molar-refractivity contribution >= 4 is 10.0 Å². The van der Waals surface area contributed by atoms with Gasteiger partial charge in [0, 0.05) is 6.54 Å². The van der Waals surface area contributed by atoms with Gasteiger partial charge in [-0.25, -0.2) is 17.5 Å². The van der Waals surface area contributed by atoms with E-state index < -0.39 is 10.0 Å². The molecule has 0 radical (unpaired) electrons. The number of aryl methyl sites for hydroxylation is 1. The van der Waals surface area contributed by atoms with Gasteiger partial charge in [-0.05, 0) is 99.0 Å². The Bertz CT molecular complexity index is 1180. The molecule has 3 aromatic rings. The van der Waals surface area contributed by atoms with E-state index in [1.807, 2.05) is 12.1 Å². The predicted molar refractivity (Wildman–Crippen MR) is 140 cm³/mol. The van der Waals surface area contributed by atoms with Crippen LogP contribution in [0.1, 0.15) is 54.2 Å². The number of rotatable bonds is 10. The first-order chi connectivity index (χ1) is 16.9. The second kappa shape index (κ2) is 11.9. The van der Waals surface area contributed by atoms with Crippen LogP contribution in [-0.2, 0) is 10.0 Å². The summed E-state index contributed by atoms with van der Waals surface area (Å²) < 4.78 is 41.9. The molecule has 6 heteroatoms. The van der Waals surface area contributed by atoms with E-state index in [0.717, 1.165) is 44.5 Å². The van der Waals surface area contributed by atoms with Crippen molar-refractivity contribution in [1.29, 1.82) is 0 Å². The van der Waals surface area contributed by atoms with Crippen LogP contribution in [-0.4, -0.2) is 39.5 Å². The van der Waals surface area contributed by atoms with Crippen LogP contribution in [0.5, 0.6) is 0 Å². The molecule has 0 amide bonds. The third kappa shape index (κ3) is 7.00. The first-order valence-electron chi connectivity index (χ1n) is 12.5. The number of hydrogen-bond donors (Lipinski definition) is 1. The fourth-order valence-electron chi connectivity index (χ4n) is 5.00. The minimum absolute atomic E-state index is 0.152. The number of halogens is 1. The van der Waals surface area contributed by atoms with Gasteiger partial charge in [0.1, 0.15) is 5.82 Å². The molecule has 3 aromatic carbocycles. The van der Waals surface area contributed by atoms with Crippen molar-refractivity contribution in [1.82, 2.24) is 9.62 Å². The molecule has 1 unspecified atom stereocenters. The van der Waals surface area contributed by atoms with Gasteiger partial charge in [-0.15, -0.1) is 0 Å². The summed E-state index contributed by atoms with van der Waals surface area (Å²) in [5.41, 5.74) is 3.13. The summed E-state index contributed by atoms with van der Waals surface area (Å²) in [5.74, 6) is 0.565. The van der Waals surface area contributed by atoms with E-state index in [-0.39, 0.29) is 16.6 Å². The molecule has 186 valence electrons. The Hall–Kier alpha value is -2.54. The molecule has 0 spiro atoms. The maximum Gasteiger partial charge on any atom is 0.240 e. The first kappa shape index (κ1) is 25.5. The number of nitrogens with one attached hydrogen (secondary N) is 1. The zero-order valence-electron chi connectivity index (χ0n) is 20.4. The second-order valence-electron chi connectivity index (χ2n) is 9.52. The summed E-state index contributed by atoms with van der Waals surface area (Å²) in [6.07, 6.45) is 3.88. The molecular formula is C29H35FN2O2S. The lowest BCUT2D eigenvalue weighted by atomic mass is 9.88. The lowest BCUT2D eigenvalue weighted by Gasteiger charge is -2.33. The summed E-state index contributed by atoms with van der Waals surface area (Å²) in [5, 5.41) is 0.